The predicted octanol–water partition coefficient (Wildman–Crippen LogP) is 2.45. The molecule has 0 N–H and O–H groups in total. The second kappa shape index (κ2) is 5.65. The number of aromatic nitrogens is 2. The number of ketones is 1. The molecule has 0 unspecified atom stereocenters. The highest BCUT2D eigenvalue weighted by atomic mass is 16.2. The zero-order chi connectivity index (χ0) is 16.7. The topological polar surface area (TPSA) is 55.2 Å². The van der Waals surface area contributed by atoms with Crippen molar-refractivity contribution in [2.24, 2.45) is 13.0 Å². The van der Waals surface area contributed by atoms with Gasteiger partial charge in [-0.3, -0.25) is 14.3 Å². The molecule has 0 radical (unpaired) electrons. The van der Waals surface area contributed by atoms with Crippen LogP contribution in [-0.2, 0) is 18.3 Å². The Morgan fingerprint density at radius 2 is 1.91 bits per heavy atom. The molecule has 5 nitrogen and oxygen atoms in total. The molecule has 0 aliphatic carbocycles. The van der Waals surface area contributed by atoms with Crippen LogP contribution in [0.1, 0.15) is 34.2 Å². The summed E-state index contributed by atoms with van der Waals surface area (Å²) >= 11 is 0. The Morgan fingerprint density at radius 3 is 2.57 bits per heavy atom. The van der Waals surface area contributed by atoms with Gasteiger partial charge in [0, 0.05) is 25.0 Å². The number of benzene rings is 1. The maximum Gasteiger partial charge on any atom is 0.299 e. The van der Waals surface area contributed by atoms with Crippen molar-refractivity contribution in [3.05, 3.63) is 46.8 Å². The quantitative estimate of drug-likeness (QED) is 0.632. The minimum Gasteiger partial charge on any atom is -0.305 e. The van der Waals surface area contributed by atoms with Crippen molar-refractivity contribution < 1.29 is 9.59 Å². The van der Waals surface area contributed by atoms with E-state index in [9.17, 15) is 9.59 Å². The van der Waals surface area contributed by atoms with Crippen LogP contribution in [0.5, 0.6) is 0 Å². The van der Waals surface area contributed by atoms with Gasteiger partial charge in [0.2, 0.25) is 0 Å². The van der Waals surface area contributed by atoms with E-state index in [-0.39, 0.29) is 0 Å². The van der Waals surface area contributed by atoms with Gasteiger partial charge in [-0.25, -0.2) is 0 Å². The lowest BCUT2D eigenvalue weighted by molar-refractivity contribution is -0.114. The van der Waals surface area contributed by atoms with E-state index in [1.54, 1.807) is 23.6 Å². The summed E-state index contributed by atoms with van der Waals surface area (Å²) < 4.78 is 1.64. The van der Waals surface area contributed by atoms with Crippen molar-refractivity contribution in [2.45, 2.75) is 27.2 Å². The van der Waals surface area contributed by atoms with Crippen molar-refractivity contribution in [1.29, 1.82) is 0 Å². The Bertz CT molecular complexity index is 792. The molecule has 3 rings (SSSR count). The third-order valence-corrected chi connectivity index (χ3v) is 4.52. The highest BCUT2D eigenvalue weighted by Gasteiger charge is 2.32. The maximum absolute atomic E-state index is 12.9. The summed E-state index contributed by atoms with van der Waals surface area (Å²) in [6.07, 6.45) is 0.930. The first-order valence-corrected chi connectivity index (χ1v) is 7.84. The van der Waals surface area contributed by atoms with Crippen LogP contribution >= 0.6 is 0 Å². The zero-order valence-corrected chi connectivity index (χ0v) is 14.0. The number of amides is 1. The molecule has 1 aromatic heterocycles. The molecule has 0 bridgehead atoms. The smallest absolute Gasteiger partial charge is 0.299 e. The van der Waals surface area contributed by atoms with Gasteiger partial charge >= 0.3 is 0 Å². The fourth-order valence-corrected chi connectivity index (χ4v) is 3.32. The summed E-state index contributed by atoms with van der Waals surface area (Å²) in [5.41, 5.74) is 3.71. The summed E-state index contributed by atoms with van der Waals surface area (Å²) in [5.74, 6) is -0.613. The summed E-state index contributed by atoms with van der Waals surface area (Å²) in [5, 5.41) is 4.24. The number of hydrogen-bond donors (Lipinski definition) is 0. The van der Waals surface area contributed by atoms with Gasteiger partial charge < -0.3 is 4.90 Å². The number of fused-ring (bicyclic) bond motifs is 1. The standard InChI is InChI=1S/C18H21N3O2/c1-11-9-14-7-5-6-8-15(14)21(10-11)18(23)17(22)16-12(2)19-20(4)13(16)3/h5-8,11H,9-10H2,1-4H3/t11-/m0/s1. The lowest BCUT2D eigenvalue weighted by Gasteiger charge is -2.32. The fourth-order valence-electron chi connectivity index (χ4n) is 3.32. The van der Waals surface area contributed by atoms with Gasteiger partial charge in [-0.2, -0.15) is 5.10 Å². The molecular weight excluding hydrogens is 290 g/mol. The molecule has 1 atom stereocenters. The SMILES string of the molecule is Cc1nn(C)c(C)c1C(=O)C(=O)N1C[C@@H](C)Cc2ccccc21. The van der Waals surface area contributed by atoms with Crippen LogP contribution in [0, 0.1) is 19.8 Å². The minimum absolute atomic E-state index is 0.331. The van der Waals surface area contributed by atoms with Gasteiger partial charge in [0.15, 0.2) is 0 Å². The molecule has 1 aliphatic rings. The van der Waals surface area contributed by atoms with Gasteiger partial charge in [-0.05, 0) is 37.8 Å². The van der Waals surface area contributed by atoms with E-state index in [1.165, 1.54) is 0 Å². The lowest BCUT2D eigenvalue weighted by Crippen LogP contribution is -2.43. The molecule has 2 aromatic rings. The van der Waals surface area contributed by atoms with E-state index in [0.717, 1.165) is 23.4 Å². The van der Waals surface area contributed by atoms with Crippen LogP contribution in [-0.4, -0.2) is 28.0 Å². The average molecular weight is 311 g/mol. The van der Waals surface area contributed by atoms with E-state index >= 15 is 0 Å². The van der Waals surface area contributed by atoms with Crippen LogP contribution in [0.2, 0.25) is 0 Å². The highest BCUT2D eigenvalue weighted by Crippen LogP contribution is 2.30. The van der Waals surface area contributed by atoms with Crippen LogP contribution in [0.3, 0.4) is 0 Å². The van der Waals surface area contributed by atoms with Crippen LogP contribution < -0.4 is 4.90 Å². The number of para-hydroxylation sites is 1. The predicted molar refractivity (Wildman–Crippen MR) is 88.7 cm³/mol. The second-order valence-corrected chi connectivity index (χ2v) is 6.35. The van der Waals surface area contributed by atoms with Gasteiger partial charge in [-0.15, -0.1) is 0 Å². The molecule has 0 spiro atoms. The fraction of sp³-hybridized carbons (Fsp3) is 0.389. The molecule has 120 valence electrons. The molecule has 0 fully saturated rings. The van der Waals surface area contributed by atoms with Gasteiger partial charge in [0.1, 0.15) is 0 Å². The third-order valence-electron chi connectivity index (χ3n) is 4.52. The summed E-state index contributed by atoms with van der Waals surface area (Å²) in [6.45, 7) is 6.24. The first-order chi connectivity index (χ1) is 10.9. The zero-order valence-electron chi connectivity index (χ0n) is 14.0. The van der Waals surface area contributed by atoms with Crippen LogP contribution in [0.25, 0.3) is 0 Å². The number of hydrogen-bond acceptors (Lipinski definition) is 3. The van der Waals surface area contributed by atoms with Crippen molar-refractivity contribution >= 4 is 17.4 Å². The van der Waals surface area contributed by atoms with E-state index in [2.05, 4.69) is 12.0 Å². The first-order valence-electron chi connectivity index (χ1n) is 7.84. The van der Waals surface area contributed by atoms with E-state index < -0.39 is 11.7 Å². The average Bonchev–Trinajstić information content (AvgIpc) is 2.77. The molecule has 1 aromatic carbocycles. The second-order valence-electron chi connectivity index (χ2n) is 6.35. The number of rotatable bonds is 2. The third kappa shape index (κ3) is 2.56. The van der Waals surface area contributed by atoms with Crippen molar-refractivity contribution in [3.8, 4) is 0 Å². The minimum atomic E-state index is -0.475. The Morgan fingerprint density at radius 1 is 1.22 bits per heavy atom. The molecule has 5 heteroatoms. The number of carbonyl (C=O) groups is 2. The summed E-state index contributed by atoms with van der Waals surface area (Å²) in [7, 11) is 1.78. The maximum atomic E-state index is 12.9. The summed E-state index contributed by atoms with van der Waals surface area (Å²) in [6, 6.07) is 7.81. The van der Waals surface area contributed by atoms with Crippen molar-refractivity contribution in [3.63, 3.8) is 0 Å². The molecule has 1 amide bonds. The first kappa shape index (κ1) is 15.5. The van der Waals surface area contributed by atoms with Gasteiger partial charge in [0.25, 0.3) is 11.7 Å². The number of Topliss-reactive ketones (excluding diaryl/α,β-unsaturated/α-hetero) is 1. The molecular formula is C18H21N3O2. The largest absolute Gasteiger partial charge is 0.305 e. The highest BCUT2D eigenvalue weighted by molar-refractivity contribution is 6.47. The Hall–Kier alpha value is -2.43. The van der Waals surface area contributed by atoms with Crippen molar-refractivity contribution in [1.82, 2.24) is 9.78 Å². The van der Waals surface area contributed by atoms with Gasteiger partial charge in [0.05, 0.1) is 11.3 Å². The van der Waals surface area contributed by atoms with E-state index in [1.807, 2.05) is 31.2 Å². The normalized spacial score (nSPS) is 17.0. The van der Waals surface area contributed by atoms with Crippen molar-refractivity contribution in [2.75, 3.05) is 11.4 Å². The Balaban J connectivity index is 1.99. The molecule has 0 saturated carbocycles. The molecule has 23 heavy (non-hydrogen) atoms. The Labute approximate surface area is 135 Å². The summed E-state index contributed by atoms with van der Waals surface area (Å²) in [4.78, 5) is 27.3. The number of aryl methyl sites for hydroxylation is 2. The van der Waals surface area contributed by atoms with Gasteiger partial charge in [-0.1, -0.05) is 25.1 Å². The number of carbonyl (C=O) groups excluding carboxylic acids is 2. The molecule has 2 heterocycles. The Kier molecular flexibility index (Phi) is 3.80. The van der Waals surface area contributed by atoms with E-state index in [4.69, 9.17) is 0 Å². The number of nitrogens with zero attached hydrogens (tertiary/aromatic N) is 3. The van der Waals surface area contributed by atoms with Crippen LogP contribution in [0.15, 0.2) is 24.3 Å². The molecule has 1 aliphatic heterocycles. The molecule has 0 saturated heterocycles. The van der Waals surface area contributed by atoms with Crippen LogP contribution in [0.4, 0.5) is 5.69 Å². The monoisotopic (exact) mass is 311 g/mol. The number of anilines is 1. The lowest BCUT2D eigenvalue weighted by atomic mass is 9.93. The van der Waals surface area contributed by atoms with E-state index in [0.29, 0.717) is 23.7 Å².